The van der Waals surface area contributed by atoms with E-state index < -0.39 is 0 Å². The Balaban J connectivity index is 1.46. The average molecular weight is 362 g/mol. The zero-order valence-corrected chi connectivity index (χ0v) is 15.3. The molecule has 8 heteroatoms. The van der Waals surface area contributed by atoms with Gasteiger partial charge in [-0.05, 0) is 26.7 Å². The molecule has 26 heavy (non-hydrogen) atoms. The van der Waals surface area contributed by atoms with Gasteiger partial charge >= 0.3 is 0 Å². The molecule has 1 saturated heterocycles. The summed E-state index contributed by atoms with van der Waals surface area (Å²) >= 11 is 0. The Morgan fingerprint density at radius 2 is 2.35 bits per heavy atom. The highest BCUT2D eigenvalue weighted by Crippen LogP contribution is 2.18. The highest BCUT2D eigenvalue weighted by Gasteiger charge is 2.28. The third-order valence-corrected chi connectivity index (χ3v) is 4.64. The number of ether oxygens (including phenoxy) is 2. The van der Waals surface area contributed by atoms with Crippen LogP contribution < -0.4 is 5.32 Å². The summed E-state index contributed by atoms with van der Waals surface area (Å²) in [6.07, 6.45) is 7.29. The van der Waals surface area contributed by atoms with E-state index in [1.54, 1.807) is 12.5 Å². The first-order valence-electron chi connectivity index (χ1n) is 8.99. The molecule has 0 spiro atoms. The molecule has 1 amide bonds. The number of hydrogen-bond donors (Lipinski definition) is 1. The van der Waals surface area contributed by atoms with E-state index in [-0.39, 0.29) is 18.1 Å². The first-order chi connectivity index (χ1) is 12.6. The fourth-order valence-corrected chi connectivity index (χ4v) is 3.07. The maximum absolute atomic E-state index is 12.3. The van der Waals surface area contributed by atoms with E-state index in [0.29, 0.717) is 26.2 Å². The number of aryl methyl sites for hydroxylation is 3. The molecule has 0 aromatic carbocycles. The second-order valence-corrected chi connectivity index (χ2v) is 6.59. The Hall–Kier alpha value is -2.19. The molecule has 1 fully saturated rings. The minimum absolute atomic E-state index is 0.0200. The van der Waals surface area contributed by atoms with Crippen LogP contribution >= 0.6 is 0 Å². The topological polar surface area (TPSA) is 91.4 Å². The zero-order chi connectivity index (χ0) is 18.4. The van der Waals surface area contributed by atoms with E-state index >= 15 is 0 Å². The molecule has 3 rings (SSSR count). The molecule has 0 bridgehead atoms. The molecule has 2 aromatic heterocycles. The van der Waals surface area contributed by atoms with Gasteiger partial charge < -0.3 is 23.9 Å². The summed E-state index contributed by atoms with van der Waals surface area (Å²) < 4.78 is 18.7. The molecule has 0 radical (unpaired) electrons. The van der Waals surface area contributed by atoms with Crippen molar-refractivity contribution in [3.63, 3.8) is 0 Å². The second kappa shape index (κ2) is 8.95. The Morgan fingerprint density at radius 3 is 3.08 bits per heavy atom. The van der Waals surface area contributed by atoms with Crippen molar-refractivity contribution in [3.05, 3.63) is 35.7 Å². The van der Waals surface area contributed by atoms with Gasteiger partial charge in [-0.15, -0.1) is 0 Å². The van der Waals surface area contributed by atoms with Crippen LogP contribution in [-0.4, -0.2) is 46.0 Å². The Morgan fingerprint density at radius 1 is 1.46 bits per heavy atom. The van der Waals surface area contributed by atoms with Gasteiger partial charge in [-0.2, -0.15) is 0 Å². The van der Waals surface area contributed by atoms with Crippen LogP contribution in [0.5, 0.6) is 0 Å². The molecule has 0 unspecified atom stereocenters. The van der Waals surface area contributed by atoms with Gasteiger partial charge in [0.15, 0.2) is 0 Å². The molecule has 3 heterocycles. The summed E-state index contributed by atoms with van der Waals surface area (Å²) in [5, 5.41) is 7.00. The van der Waals surface area contributed by atoms with Crippen LogP contribution in [0, 0.1) is 13.8 Å². The van der Waals surface area contributed by atoms with Gasteiger partial charge in [0.05, 0.1) is 37.4 Å². The van der Waals surface area contributed by atoms with E-state index in [9.17, 15) is 4.79 Å². The highest BCUT2D eigenvalue weighted by molar-refractivity contribution is 5.76. The Kier molecular flexibility index (Phi) is 6.40. The second-order valence-electron chi connectivity index (χ2n) is 6.59. The third-order valence-electron chi connectivity index (χ3n) is 4.64. The molecule has 0 saturated carbocycles. The number of rotatable bonds is 8. The number of carbonyl (C=O) groups is 1. The lowest BCUT2D eigenvalue weighted by molar-refractivity contribution is -0.126. The lowest BCUT2D eigenvalue weighted by Crippen LogP contribution is -2.50. The van der Waals surface area contributed by atoms with Crippen molar-refractivity contribution < 1.29 is 18.8 Å². The number of amides is 1. The molecule has 2 atom stereocenters. The zero-order valence-electron chi connectivity index (χ0n) is 15.3. The number of nitrogens with one attached hydrogen (secondary N) is 1. The van der Waals surface area contributed by atoms with Crippen molar-refractivity contribution in [2.45, 2.75) is 58.4 Å². The largest absolute Gasteiger partial charge is 0.379 e. The van der Waals surface area contributed by atoms with Crippen molar-refractivity contribution in [2.24, 2.45) is 0 Å². The summed E-state index contributed by atoms with van der Waals surface area (Å²) in [6, 6.07) is -0.134. The number of imidazole rings is 1. The van der Waals surface area contributed by atoms with Gasteiger partial charge in [0.1, 0.15) is 5.76 Å². The van der Waals surface area contributed by atoms with E-state index in [1.807, 2.05) is 24.6 Å². The summed E-state index contributed by atoms with van der Waals surface area (Å²) in [5.74, 6) is 0.793. The van der Waals surface area contributed by atoms with Crippen LogP contribution in [0.4, 0.5) is 0 Å². The molecule has 1 aliphatic rings. The molecule has 8 nitrogen and oxygen atoms in total. The number of hydrogen-bond acceptors (Lipinski definition) is 6. The van der Waals surface area contributed by atoms with Gasteiger partial charge in [-0.3, -0.25) is 4.79 Å². The van der Waals surface area contributed by atoms with Crippen LogP contribution in [0.1, 0.15) is 36.3 Å². The molecule has 2 aromatic rings. The van der Waals surface area contributed by atoms with Crippen LogP contribution in [-0.2, 0) is 27.4 Å². The maximum atomic E-state index is 12.3. The fourth-order valence-electron chi connectivity index (χ4n) is 3.07. The predicted octanol–water partition coefficient (Wildman–Crippen LogP) is 1.76. The third kappa shape index (κ3) is 4.92. The van der Waals surface area contributed by atoms with Crippen molar-refractivity contribution in [1.29, 1.82) is 0 Å². The van der Waals surface area contributed by atoms with Gasteiger partial charge in [-0.1, -0.05) is 5.16 Å². The Labute approximate surface area is 152 Å². The van der Waals surface area contributed by atoms with Crippen LogP contribution in [0.25, 0.3) is 0 Å². The standard InChI is InChI=1S/C18H26N4O4/c1-13-15(14(2)26-21-13)10-25-17-5-9-24-11-16(17)20-18(23)4-3-7-22-8-6-19-12-22/h6,8,12,16-17H,3-5,7,9-11H2,1-2H3,(H,20,23)/t16-,17+/m1/s1. The van der Waals surface area contributed by atoms with Gasteiger partial charge in [0.25, 0.3) is 0 Å². The number of carbonyl (C=O) groups excluding carboxylic acids is 1. The summed E-state index contributed by atoms with van der Waals surface area (Å²) in [7, 11) is 0. The minimum atomic E-state index is -0.134. The fraction of sp³-hybridized carbons (Fsp3) is 0.611. The predicted molar refractivity (Wildman–Crippen MR) is 93.4 cm³/mol. The highest BCUT2D eigenvalue weighted by atomic mass is 16.5. The maximum Gasteiger partial charge on any atom is 0.220 e. The van der Waals surface area contributed by atoms with Crippen molar-refractivity contribution in [3.8, 4) is 0 Å². The van der Waals surface area contributed by atoms with E-state index in [4.69, 9.17) is 14.0 Å². The van der Waals surface area contributed by atoms with Crippen molar-refractivity contribution >= 4 is 5.91 Å². The normalized spacial score (nSPS) is 20.2. The lowest BCUT2D eigenvalue weighted by atomic mass is 10.1. The summed E-state index contributed by atoms with van der Waals surface area (Å²) in [5.41, 5.74) is 1.82. The van der Waals surface area contributed by atoms with Crippen molar-refractivity contribution in [1.82, 2.24) is 20.0 Å². The smallest absolute Gasteiger partial charge is 0.220 e. The molecule has 142 valence electrons. The summed E-state index contributed by atoms with van der Waals surface area (Å²) in [6.45, 7) is 6.10. The van der Waals surface area contributed by atoms with Crippen LogP contribution in [0.15, 0.2) is 23.2 Å². The average Bonchev–Trinajstić information content (AvgIpc) is 3.25. The summed E-state index contributed by atoms with van der Waals surface area (Å²) in [4.78, 5) is 16.2. The van der Waals surface area contributed by atoms with Crippen LogP contribution in [0.3, 0.4) is 0 Å². The van der Waals surface area contributed by atoms with Gasteiger partial charge in [0.2, 0.25) is 5.91 Å². The Bertz CT molecular complexity index is 679. The number of nitrogens with zero attached hydrogens (tertiary/aromatic N) is 3. The van der Waals surface area contributed by atoms with E-state index in [1.165, 1.54) is 0 Å². The van der Waals surface area contributed by atoms with Gasteiger partial charge in [-0.25, -0.2) is 4.98 Å². The van der Waals surface area contributed by atoms with E-state index in [2.05, 4.69) is 15.5 Å². The van der Waals surface area contributed by atoms with Crippen LogP contribution in [0.2, 0.25) is 0 Å². The van der Waals surface area contributed by atoms with Crippen molar-refractivity contribution in [2.75, 3.05) is 13.2 Å². The van der Waals surface area contributed by atoms with E-state index in [0.717, 1.165) is 36.4 Å². The lowest BCUT2D eigenvalue weighted by Gasteiger charge is -2.32. The minimum Gasteiger partial charge on any atom is -0.379 e. The molecular weight excluding hydrogens is 336 g/mol. The molecular formula is C18H26N4O4. The van der Waals surface area contributed by atoms with Gasteiger partial charge in [0, 0.05) is 37.5 Å². The number of aromatic nitrogens is 3. The molecule has 1 N–H and O–H groups in total. The first-order valence-corrected chi connectivity index (χ1v) is 8.99. The quantitative estimate of drug-likeness (QED) is 0.769. The SMILES string of the molecule is Cc1noc(C)c1CO[C@H]1CCOC[C@H]1NC(=O)CCCn1ccnc1. The molecule has 1 aliphatic heterocycles. The first kappa shape index (κ1) is 18.6. The monoisotopic (exact) mass is 362 g/mol. The molecule has 0 aliphatic carbocycles.